The molecule has 3 rings (SSSR count). The quantitative estimate of drug-likeness (QED) is 0.629. The molecule has 0 bridgehead atoms. The summed E-state index contributed by atoms with van der Waals surface area (Å²) in [7, 11) is 3.24. The molecule has 11 nitrogen and oxygen atoms in total. The molecule has 1 saturated heterocycles. The van der Waals surface area contributed by atoms with Crippen LogP contribution in [-0.4, -0.2) is 88.0 Å². The lowest BCUT2D eigenvalue weighted by atomic mass is 10.2. The molecule has 1 fully saturated rings. The molecule has 28 heavy (non-hydrogen) atoms. The number of hydrogen-bond donors (Lipinski definition) is 2. The van der Waals surface area contributed by atoms with Gasteiger partial charge < -0.3 is 15.0 Å². The van der Waals surface area contributed by atoms with E-state index >= 15 is 0 Å². The van der Waals surface area contributed by atoms with Gasteiger partial charge in [-0.2, -0.15) is 5.10 Å². The van der Waals surface area contributed by atoms with Gasteiger partial charge in [0.05, 0.1) is 7.11 Å². The lowest BCUT2D eigenvalue weighted by Crippen LogP contribution is -2.50. The molecular weight excluding hydrogens is 366 g/mol. The first kappa shape index (κ1) is 19.5. The molecule has 0 atom stereocenters. The van der Waals surface area contributed by atoms with E-state index in [1.165, 1.54) is 19.2 Å². The Morgan fingerprint density at radius 1 is 1.25 bits per heavy atom. The van der Waals surface area contributed by atoms with Crippen LogP contribution in [0.1, 0.15) is 20.8 Å². The molecule has 0 saturated carbocycles. The van der Waals surface area contributed by atoms with Crippen LogP contribution < -0.4 is 15.6 Å². The first-order chi connectivity index (χ1) is 13.5. The van der Waals surface area contributed by atoms with Crippen molar-refractivity contribution >= 4 is 11.8 Å². The van der Waals surface area contributed by atoms with Crippen molar-refractivity contribution in [2.45, 2.75) is 0 Å². The van der Waals surface area contributed by atoms with E-state index < -0.39 is 0 Å². The highest BCUT2D eigenvalue weighted by atomic mass is 16.5. The Bertz CT molecular complexity index is 879. The van der Waals surface area contributed by atoms with Gasteiger partial charge in [0.1, 0.15) is 11.3 Å². The summed E-state index contributed by atoms with van der Waals surface area (Å²) in [5.74, 6) is -0.107. The summed E-state index contributed by atoms with van der Waals surface area (Å²) < 4.78 is 6.72. The van der Waals surface area contributed by atoms with Gasteiger partial charge in [-0.25, -0.2) is 5.10 Å². The smallest absolute Gasteiger partial charge is 0.271 e. The van der Waals surface area contributed by atoms with Crippen LogP contribution in [-0.2, 0) is 7.05 Å². The van der Waals surface area contributed by atoms with Gasteiger partial charge in [-0.15, -0.1) is 5.10 Å². The third-order valence-electron chi connectivity index (χ3n) is 4.50. The second-order valence-corrected chi connectivity index (χ2v) is 6.42. The fourth-order valence-corrected chi connectivity index (χ4v) is 3.00. The number of nitrogens with one attached hydrogen (secondary N) is 2. The van der Waals surface area contributed by atoms with Crippen LogP contribution in [0.4, 0.5) is 0 Å². The largest absolute Gasteiger partial charge is 0.479 e. The number of carbonyl (C=O) groups excluding carboxylic acids is 2. The maximum Gasteiger partial charge on any atom is 0.271 e. The average molecular weight is 389 g/mol. The Balaban J connectivity index is 1.44. The van der Waals surface area contributed by atoms with Gasteiger partial charge in [-0.3, -0.25) is 24.0 Å². The van der Waals surface area contributed by atoms with E-state index in [-0.39, 0.29) is 23.1 Å². The first-order valence-electron chi connectivity index (χ1n) is 8.91. The Hall–Kier alpha value is -3.21. The molecule has 11 heteroatoms. The molecule has 2 aromatic rings. The second kappa shape index (κ2) is 8.65. The molecule has 2 amide bonds. The monoisotopic (exact) mass is 389 g/mol. The number of amides is 2. The number of hydrogen-bond acceptors (Lipinski definition) is 7. The fraction of sp³-hybridized carbons (Fsp3) is 0.471. The average Bonchev–Trinajstić information content (AvgIpc) is 3.09. The number of piperazine rings is 1. The molecule has 0 aromatic carbocycles. The third kappa shape index (κ3) is 4.55. The highest BCUT2D eigenvalue weighted by molar-refractivity contribution is 5.96. The minimum absolute atomic E-state index is 0.0953. The minimum Gasteiger partial charge on any atom is -0.479 e. The van der Waals surface area contributed by atoms with E-state index in [0.717, 1.165) is 0 Å². The van der Waals surface area contributed by atoms with E-state index in [4.69, 9.17) is 4.74 Å². The molecule has 1 aliphatic heterocycles. The number of aromatic amines is 1. The Labute approximate surface area is 161 Å². The van der Waals surface area contributed by atoms with Gasteiger partial charge in [-0.1, -0.05) is 0 Å². The lowest BCUT2D eigenvalue weighted by molar-refractivity contribution is 0.0634. The number of H-pyrrole nitrogens is 1. The molecule has 2 aromatic heterocycles. The van der Waals surface area contributed by atoms with Crippen molar-refractivity contribution < 1.29 is 14.3 Å². The van der Waals surface area contributed by atoms with E-state index in [1.807, 2.05) is 0 Å². The maximum absolute atomic E-state index is 12.7. The first-order valence-corrected chi connectivity index (χ1v) is 8.91. The number of aromatic nitrogens is 4. The van der Waals surface area contributed by atoms with Crippen molar-refractivity contribution in [3.8, 4) is 5.88 Å². The molecule has 0 radical (unpaired) electrons. The molecule has 150 valence electrons. The maximum atomic E-state index is 12.7. The molecule has 0 spiro atoms. The molecular formula is C17H23N7O4. The van der Waals surface area contributed by atoms with E-state index in [1.54, 1.807) is 22.8 Å². The number of methoxy groups -OCH3 is 1. The number of ether oxygens (including phenoxy) is 1. The summed E-state index contributed by atoms with van der Waals surface area (Å²) in [6.07, 6.45) is 1.66. The lowest BCUT2D eigenvalue weighted by Gasteiger charge is -2.34. The zero-order valence-electron chi connectivity index (χ0n) is 15.8. The van der Waals surface area contributed by atoms with Crippen LogP contribution in [0, 0.1) is 0 Å². The SMILES string of the molecule is COc1nn(C)cc1C(=O)N1CCN(CCNC(=O)c2ccc(=O)[nH]n2)CC1. The Kier molecular flexibility index (Phi) is 6.04. The highest BCUT2D eigenvalue weighted by Crippen LogP contribution is 2.18. The predicted octanol–water partition coefficient (Wildman–Crippen LogP) is -1.30. The standard InChI is InChI=1S/C17H23N7O4/c1-22-11-12(16(21-22)28-2)17(27)24-9-7-23(8-10-24)6-5-18-15(26)13-3-4-14(25)20-19-13/h3-4,11H,5-10H2,1-2H3,(H,18,26)(H,20,25). The topological polar surface area (TPSA) is 125 Å². The second-order valence-electron chi connectivity index (χ2n) is 6.42. The van der Waals surface area contributed by atoms with Gasteiger partial charge in [0.2, 0.25) is 5.88 Å². The fourth-order valence-electron chi connectivity index (χ4n) is 3.00. The van der Waals surface area contributed by atoms with Crippen LogP contribution in [0.2, 0.25) is 0 Å². The minimum atomic E-state index is -0.354. The van der Waals surface area contributed by atoms with Crippen LogP contribution in [0.15, 0.2) is 23.1 Å². The Morgan fingerprint density at radius 3 is 2.64 bits per heavy atom. The normalized spacial score (nSPS) is 14.7. The van der Waals surface area contributed by atoms with Gasteiger partial charge >= 0.3 is 0 Å². The van der Waals surface area contributed by atoms with E-state index in [0.29, 0.717) is 50.7 Å². The third-order valence-corrected chi connectivity index (χ3v) is 4.50. The zero-order chi connectivity index (χ0) is 20.1. The van der Waals surface area contributed by atoms with E-state index in [9.17, 15) is 14.4 Å². The van der Waals surface area contributed by atoms with Gasteiger partial charge in [0.15, 0.2) is 0 Å². The Morgan fingerprint density at radius 2 is 2.00 bits per heavy atom. The van der Waals surface area contributed by atoms with Crippen LogP contribution in [0.3, 0.4) is 0 Å². The van der Waals surface area contributed by atoms with Crippen molar-refractivity contribution in [1.29, 1.82) is 0 Å². The van der Waals surface area contributed by atoms with Gasteiger partial charge in [-0.05, 0) is 6.07 Å². The van der Waals surface area contributed by atoms with Crippen LogP contribution >= 0.6 is 0 Å². The van der Waals surface area contributed by atoms with Crippen molar-refractivity contribution in [2.24, 2.45) is 7.05 Å². The summed E-state index contributed by atoms with van der Waals surface area (Å²) in [4.78, 5) is 39.6. The van der Waals surface area contributed by atoms with Crippen molar-refractivity contribution in [2.75, 3.05) is 46.4 Å². The van der Waals surface area contributed by atoms with Gasteiger partial charge in [0.25, 0.3) is 17.4 Å². The van der Waals surface area contributed by atoms with E-state index in [2.05, 4.69) is 25.5 Å². The summed E-state index contributed by atoms with van der Waals surface area (Å²) in [5.41, 5.74) is 0.271. The van der Waals surface area contributed by atoms with Crippen LogP contribution in [0.5, 0.6) is 5.88 Å². The number of carbonyl (C=O) groups is 2. The van der Waals surface area contributed by atoms with Crippen molar-refractivity contribution in [3.05, 3.63) is 39.9 Å². The van der Waals surface area contributed by atoms with Crippen molar-refractivity contribution in [1.82, 2.24) is 35.1 Å². The predicted molar refractivity (Wildman–Crippen MR) is 99.3 cm³/mol. The molecule has 3 heterocycles. The number of nitrogens with zero attached hydrogens (tertiary/aromatic N) is 5. The highest BCUT2D eigenvalue weighted by Gasteiger charge is 2.26. The summed E-state index contributed by atoms with van der Waals surface area (Å²) in [6.45, 7) is 3.71. The summed E-state index contributed by atoms with van der Waals surface area (Å²) in [5, 5.41) is 12.8. The molecule has 0 aliphatic carbocycles. The zero-order valence-corrected chi connectivity index (χ0v) is 15.8. The summed E-state index contributed by atoms with van der Waals surface area (Å²) in [6, 6.07) is 2.64. The molecule has 0 unspecified atom stereocenters. The molecule has 1 aliphatic rings. The number of rotatable bonds is 6. The van der Waals surface area contributed by atoms with Crippen molar-refractivity contribution in [3.63, 3.8) is 0 Å². The number of aryl methyl sites for hydroxylation is 1. The van der Waals surface area contributed by atoms with Gasteiger partial charge in [0, 0.05) is 58.6 Å². The van der Waals surface area contributed by atoms with Crippen LogP contribution in [0.25, 0.3) is 0 Å². The molecule has 2 N–H and O–H groups in total. The summed E-state index contributed by atoms with van der Waals surface area (Å²) >= 11 is 0.